The number of hydrogen-bond acceptors (Lipinski definition) is 4. The highest BCUT2D eigenvalue weighted by Gasteiger charge is 2.27. The molecular weight excluding hydrogens is 419 g/mol. The smallest absolute Gasteiger partial charge is 0.260 e. The van der Waals surface area contributed by atoms with Crippen LogP contribution in [-0.2, 0) is 4.74 Å². The molecule has 4 nitrogen and oxygen atoms in total. The quantitative estimate of drug-likeness (QED) is 0.578. The number of nitrogens with zero attached hydrogens (tertiary/aromatic N) is 2. The van der Waals surface area contributed by atoms with Gasteiger partial charge in [0.1, 0.15) is 5.82 Å². The van der Waals surface area contributed by atoms with Crippen molar-refractivity contribution in [3.63, 3.8) is 0 Å². The first-order chi connectivity index (χ1) is 12.6. The van der Waals surface area contributed by atoms with Gasteiger partial charge in [-0.3, -0.25) is 9.69 Å². The molecule has 0 N–H and O–H groups in total. The Morgan fingerprint density at radius 1 is 1.31 bits per heavy atom. The number of halogens is 2. The van der Waals surface area contributed by atoms with Crippen LogP contribution in [0.4, 0.5) is 9.52 Å². The van der Waals surface area contributed by atoms with Gasteiger partial charge in [0.15, 0.2) is 5.13 Å². The molecular formula is C19H16BrFN2O2S. The second-order valence-electron chi connectivity index (χ2n) is 6.17. The van der Waals surface area contributed by atoms with Gasteiger partial charge >= 0.3 is 0 Å². The number of carbonyl (C=O) groups is 1. The predicted molar refractivity (Wildman–Crippen MR) is 104 cm³/mol. The Kier molecular flexibility index (Phi) is 5.02. The van der Waals surface area contributed by atoms with E-state index in [-0.39, 0.29) is 17.8 Å². The molecule has 0 spiro atoms. The zero-order valence-corrected chi connectivity index (χ0v) is 16.2. The first-order valence-electron chi connectivity index (χ1n) is 8.35. The van der Waals surface area contributed by atoms with Gasteiger partial charge in [-0.25, -0.2) is 9.37 Å². The number of hydrogen-bond donors (Lipinski definition) is 0. The Balaban J connectivity index is 1.70. The van der Waals surface area contributed by atoms with Crippen LogP contribution in [0.2, 0.25) is 0 Å². The maximum absolute atomic E-state index is 13.5. The summed E-state index contributed by atoms with van der Waals surface area (Å²) in [6.07, 6.45) is 1.91. The third-order valence-electron chi connectivity index (χ3n) is 4.32. The molecule has 1 amide bonds. The molecule has 4 rings (SSSR count). The van der Waals surface area contributed by atoms with E-state index in [0.717, 1.165) is 28.6 Å². The molecule has 1 aromatic heterocycles. The van der Waals surface area contributed by atoms with Gasteiger partial charge in [0.2, 0.25) is 0 Å². The number of rotatable bonds is 4. The second-order valence-corrected chi connectivity index (χ2v) is 8.09. The molecule has 1 aliphatic heterocycles. The van der Waals surface area contributed by atoms with E-state index < -0.39 is 0 Å². The van der Waals surface area contributed by atoms with Crippen molar-refractivity contribution in [2.45, 2.75) is 18.9 Å². The average Bonchev–Trinajstić information content (AvgIpc) is 3.28. The van der Waals surface area contributed by atoms with Gasteiger partial charge in [0.25, 0.3) is 5.91 Å². The van der Waals surface area contributed by atoms with Crippen molar-refractivity contribution in [3.05, 3.63) is 58.3 Å². The van der Waals surface area contributed by atoms with Crippen LogP contribution >= 0.6 is 27.3 Å². The fraction of sp³-hybridized carbons (Fsp3) is 0.263. The van der Waals surface area contributed by atoms with Gasteiger partial charge in [-0.05, 0) is 55.3 Å². The SMILES string of the molecule is O=C(c1ccc(Br)cc1)N(CC1CCCO1)c1nc2ccc(F)cc2s1. The summed E-state index contributed by atoms with van der Waals surface area (Å²) in [7, 11) is 0. The molecule has 1 atom stereocenters. The summed E-state index contributed by atoms with van der Waals surface area (Å²) in [5.41, 5.74) is 1.27. The number of amides is 1. The van der Waals surface area contributed by atoms with E-state index in [1.54, 1.807) is 23.1 Å². The molecule has 3 aromatic rings. The Hall–Kier alpha value is -1.83. The van der Waals surface area contributed by atoms with Crippen LogP contribution in [0.3, 0.4) is 0 Å². The Morgan fingerprint density at radius 3 is 2.85 bits per heavy atom. The minimum atomic E-state index is -0.308. The van der Waals surface area contributed by atoms with Crippen LogP contribution in [-0.4, -0.2) is 30.1 Å². The molecule has 0 aliphatic carbocycles. The van der Waals surface area contributed by atoms with E-state index in [1.165, 1.54) is 23.5 Å². The number of anilines is 1. The van der Waals surface area contributed by atoms with Crippen LogP contribution in [0.25, 0.3) is 10.2 Å². The Labute approximate surface area is 162 Å². The third-order valence-corrected chi connectivity index (χ3v) is 5.89. The summed E-state index contributed by atoms with van der Waals surface area (Å²) in [6, 6.07) is 11.7. The van der Waals surface area contributed by atoms with E-state index in [1.807, 2.05) is 12.1 Å². The molecule has 134 valence electrons. The standard InChI is InChI=1S/C19H16BrFN2O2S/c20-13-5-3-12(4-6-13)18(24)23(11-15-2-1-9-25-15)19-22-16-8-7-14(21)10-17(16)26-19/h3-8,10,15H,1-2,9,11H2. The van der Waals surface area contributed by atoms with E-state index in [2.05, 4.69) is 20.9 Å². The minimum Gasteiger partial charge on any atom is -0.376 e. The summed E-state index contributed by atoms with van der Waals surface area (Å²) in [5.74, 6) is -0.440. The fourth-order valence-corrected chi connectivity index (χ4v) is 4.25. The maximum Gasteiger partial charge on any atom is 0.260 e. The number of aromatic nitrogens is 1. The van der Waals surface area contributed by atoms with Crippen LogP contribution in [0.1, 0.15) is 23.2 Å². The number of thiazole rings is 1. The summed E-state index contributed by atoms with van der Waals surface area (Å²) in [6.45, 7) is 1.16. The van der Waals surface area contributed by atoms with Crippen molar-refractivity contribution < 1.29 is 13.9 Å². The molecule has 0 saturated carbocycles. The first-order valence-corrected chi connectivity index (χ1v) is 9.96. The van der Waals surface area contributed by atoms with Crippen molar-refractivity contribution in [2.24, 2.45) is 0 Å². The molecule has 2 aromatic carbocycles. The lowest BCUT2D eigenvalue weighted by Crippen LogP contribution is -2.37. The average molecular weight is 435 g/mol. The lowest BCUT2D eigenvalue weighted by molar-refractivity contribution is 0.0917. The van der Waals surface area contributed by atoms with Gasteiger partial charge in [0, 0.05) is 16.6 Å². The maximum atomic E-state index is 13.5. The Morgan fingerprint density at radius 2 is 2.12 bits per heavy atom. The molecule has 2 heterocycles. The van der Waals surface area contributed by atoms with Crippen LogP contribution in [0.5, 0.6) is 0 Å². The second kappa shape index (κ2) is 7.42. The first kappa shape index (κ1) is 17.6. The van der Waals surface area contributed by atoms with E-state index in [4.69, 9.17) is 4.74 Å². The summed E-state index contributed by atoms with van der Waals surface area (Å²) < 4.78 is 20.9. The van der Waals surface area contributed by atoms with Gasteiger partial charge in [-0.1, -0.05) is 27.3 Å². The molecule has 1 unspecified atom stereocenters. The zero-order chi connectivity index (χ0) is 18.1. The van der Waals surface area contributed by atoms with Crippen LogP contribution < -0.4 is 4.90 Å². The van der Waals surface area contributed by atoms with Gasteiger partial charge in [-0.15, -0.1) is 0 Å². The number of fused-ring (bicyclic) bond motifs is 1. The molecule has 1 aliphatic rings. The Bertz CT molecular complexity index is 938. The highest BCUT2D eigenvalue weighted by molar-refractivity contribution is 9.10. The topological polar surface area (TPSA) is 42.4 Å². The number of benzene rings is 2. The summed E-state index contributed by atoms with van der Waals surface area (Å²) in [4.78, 5) is 19.3. The van der Waals surface area contributed by atoms with Crippen molar-refractivity contribution >= 4 is 48.5 Å². The molecule has 0 radical (unpaired) electrons. The lowest BCUT2D eigenvalue weighted by atomic mass is 10.2. The van der Waals surface area contributed by atoms with Gasteiger partial charge in [0.05, 0.1) is 22.9 Å². The van der Waals surface area contributed by atoms with Crippen LogP contribution in [0.15, 0.2) is 46.9 Å². The van der Waals surface area contributed by atoms with Gasteiger partial charge < -0.3 is 4.74 Å². The number of carbonyl (C=O) groups excluding carboxylic acids is 1. The van der Waals surface area contributed by atoms with Gasteiger partial charge in [-0.2, -0.15) is 0 Å². The predicted octanol–water partition coefficient (Wildman–Crippen LogP) is 5.02. The number of ether oxygens (including phenoxy) is 1. The van der Waals surface area contributed by atoms with Crippen LogP contribution in [0, 0.1) is 5.82 Å². The molecule has 26 heavy (non-hydrogen) atoms. The minimum absolute atomic E-state index is 0.00172. The van der Waals surface area contributed by atoms with Crippen molar-refractivity contribution in [1.82, 2.24) is 4.98 Å². The summed E-state index contributed by atoms with van der Waals surface area (Å²) >= 11 is 4.71. The zero-order valence-electron chi connectivity index (χ0n) is 13.8. The van der Waals surface area contributed by atoms with Crippen molar-refractivity contribution in [2.75, 3.05) is 18.1 Å². The van der Waals surface area contributed by atoms with E-state index in [9.17, 15) is 9.18 Å². The molecule has 7 heteroatoms. The highest BCUT2D eigenvalue weighted by Crippen LogP contribution is 2.31. The largest absolute Gasteiger partial charge is 0.376 e. The normalized spacial score (nSPS) is 16.9. The third kappa shape index (κ3) is 3.65. The molecule has 1 fully saturated rings. The van der Waals surface area contributed by atoms with E-state index in [0.29, 0.717) is 22.8 Å². The highest BCUT2D eigenvalue weighted by atomic mass is 79.9. The van der Waals surface area contributed by atoms with Crippen molar-refractivity contribution in [1.29, 1.82) is 0 Å². The fourth-order valence-electron chi connectivity index (χ4n) is 2.99. The van der Waals surface area contributed by atoms with E-state index >= 15 is 0 Å². The molecule has 1 saturated heterocycles. The monoisotopic (exact) mass is 434 g/mol. The lowest BCUT2D eigenvalue weighted by Gasteiger charge is -2.23. The van der Waals surface area contributed by atoms with Crippen molar-refractivity contribution in [3.8, 4) is 0 Å². The molecule has 0 bridgehead atoms. The summed E-state index contributed by atoms with van der Waals surface area (Å²) in [5, 5.41) is 0.564.